The molecule has 0 aromatic rings. The molecule has 0 aromatic heterocycles. The van der Waals surface area contributed by atoms with E-state index in [1.807, 2.05) is 0 Å². The van der Waals surface area contributed by atoms with Crippen LogP contribution < -0.4 is 0 Å². The molecular weight excluding hydrogens is 194 g/mol. The monoisotopic (exact) mass is 202 g/mol. The molecule has 0 N–H and O–H groups in total. The summed E-state index contributed by atoms with van der Waals surface area (Å²) in [6.07, 6.45) is 3.45. The molecule has 4 heteroatoms. The van der Waals surface area contributed by atoms with Crippen molar-refractivity contribution < 1.29 is 0 Å². The second-order valence-electron chi connectivity index (χ2n) is 2.91. The van der Waals surface area contributed by atoms with Crippen molar-refractivity contribution in [2.75, 3.05) is 0 Å². The molecule has 0 saturated heterocycles. The van der Waals surface area contributed by atoms with Gasteiger partial charge < -0.3 is 0 Å². The highest BCUT2D eigenvalue weighted by Crippen LogP contribution is 2.59. The van der Waals surface area contributed by atoms with Crippen LogP contribution in [-0.4, -0.2) is 6.00 Å². The molecule has 1 aliphatic rings. The third-order valence-electron chi connectivity index (χ3n) is 2.14. The number of hydrogen-bond donors (Lipinski definition) is 0. The van der Waals surface area contributed by atoms with Gasteiger partial charge in [-0.1, -0.05) is 13.3 Å². The Labute approximate surface area is 70.6 Å². The maximum absolute atomic E-state index is 5.85. The summed E-state index contributed by atoms with van der Waals surface area (Å²) in [4.78, 5) is 0. The van der Waals surface area contributed by atoms with Crippen LogP contribution in [0.1, 0.15) is 26.2 Å². The van der Waals surface area contributed by atoms with Gasteiger partial charge in [-0.25, -0.2) is 0 Å². The predicted octanol–water partition coefficient (Wildman–Crippen LogP) is 3.59. The summed E-state index contributed by atoms with van der Waals surface area (Å²) in [5.74, 6) is 0. The van der Waals surface area contributed by atoms with Crippen molar-refractivity contribution in [3.05, 3.63) is 0 Å². The predicted molar refractivity (Wildman–Crippen MR) is 45.5 cm³/mol. The fourth-order valence-corrected chi connectivity index (χ4v) is 3.61. The Kier molecular flexibility index (Phi) is 2.09. The van der Waals surface area contributed by atoms with Gasteiger partial charge in [0.05, 0.1) is 0 Å². The van der Waals surface area contributed by atoms with Crippen molar-refractivity contribution in [1.29, 1.82) is 0 Å². The van der Waals surface area contributed by atoms with Crippen molar-refractivity contribution >= 4 is 39.2 Å². The van der Waals surface area contributed by atoms with Gasteiger partial charge in [-0.3, -0.25) is 0 Å². The summed E-state index contributed by atoms with van der Waals surface area (Å²) in [6, 6.07) is -2.38. The molecule has 0 aliphatic heterocycles. The largest absolute Gasteiger partial charge is 0.346 e. The van der Waals surface area contributed by atoms with Gasteiger partial charge in [0.25, 0.3) is 0 Å². The lowest BCUT2D eigenvalue weighted by molar-refractivity contribution is 0.363. The Morgan fingerprint density at radius 1 is 1.22 bits per heavy atom. The second kappa shape index (κ2) is 2.30. The molecule has 0 unspecified atom stereocenters. The minimum atomic E-state index is -2.38. The van der Waals surface area contributed by atoms with Gasteiger partial charge in [-0.2, -0.15) is 0 Å². The van der Waals surface area contributed by atoms with Crippen LogP contribution in [0.2, 0.25) is 5.04 Å². The minimum Gasteiger partial charge on any atom is -0.125 e. The van der Waals surface area contributed by atoms with Gasteiger partial charge in [-0.05, 0) is 12.8 Å². The first kappa shape index (κ1) is 8.19. The van der Waals surface area contributed by atoms with E-state index in [9.17, 15) is 0 Å². The molecule has 0 spiro atoms. The van der Waals surface area contributed by atoms with Gasteiger partial charge >= 0.3 is 6.00 Å². The highest BCUT2D eigenvalue weighted by atomic mass is 35.8. The van der Waals surface area contributed by atoms with Gasteiger partial charge in [0, 0.05) is 5.04 Å². The molecule has 1 saturated carbocycles. The summed E-state index contributed by atoms with van der Waals surface area (Å²) >= 11 is 17.5. The molecule has 54 valence electrons. The fraction of sp³-hybridized carbons (Fsp3) is 1.00. The highest BCUT2D eigenvalue weighted by molar-refractivity contribution is 7.65. The van der Waals surface area contributed by atoms with E-state index in [1.165, 1.54) is 6.42 Å². The first-order valence-corrected chi connectivity index (χ1v) is 8.06. The van der Waals surface area contributed by atoms with Gasteiger partial charge in [0.2, 0.25) is 0 Å². The quantitative estimate of drug-likeness (QED) is 0.451. The lowest BCUT2D eigenvalue weighted by Gasteiger charge is -2.42. The molecule has 0 atom stereocenters. The number of halogens is 3. The molecule has 9 heavy (non-hydrogen) atoms. The SMILES string of the molecule is CC1([Si](Cl)(Cl)Cl)CCC1. The van der Waals surface area contributed by atoms with E-state index in [4.69, 9.17) is 33.2 Å². The average Bonchev–Trinajstić information content (AvgIpc) is 1.57. The second-order valence-corrected chi connectivity index (χ2v) is 12.0. The van der Waals surface area contributed by atoms with Gasteiger partial charge in [0.1, 0.15) is 0 Å². The molecule has 0 amide bonds. The lowest BCUT2D eigenvalue weighted by atomic mass is 9.86. The molecule has 0 aromatic carbocycles. The van der Waals surface area contributed by atoms with Crippen LogP contribution in [-0.2, 0) is 0 Å². The zero-order valence-corrected chi connectivity index (χ0v) is 8.52. The van der Waals surface area contributed by atoms with Crippen molar-refractivity contribution in [3.63, 3.8) is 0 Å². The van der Waals surface area contributed by atoms with E-state index < -0.39 is 6.00 Å². The Morgan fingerprint density at radius 2 is 1.67 bits per heavy atom. The van der Waals surface area contributed by atoms with Crippen molar-refractivity contribution in [2.24, 2.45) is 0 Å². The molecule has 1 rings (SSSR count). The van der Waals surface area contributed by atoms with Crippen LogP contribution in [0.5, 0.6) is 0 Å². The molecule has 1 fully saturated rings. The Morgan fingerprint density at radius 3 is 1.67 bits per heavy atom. The van der Waals surface area contributed by atoms with Crippen molar-refractivity contribution in [3.8, 4) is 0 Å². The minimum absolute atomic E-state index is 0.0949. The van der Waals surface area contributed by atoms with E-state index in [1.54, 1.807) is 0 Å². The third-order valence-corrected chi connectivity index (χ3v) is 8.12. The highest BCUT2D eigenvalue weighted by Gasteiger charge is 2.51. The molecule has 0 bridgehead atoms. The molecule has 0 nitrogen and oxygen atoms in total. The summed E-state index contributed by atoms with van der Waals surface area (Å²) < 4.78 is 0. The third kappa shape index (κ3) is 1.40. The molecule has 0 heterocycles. The summed E-state index contributed by atoms with van der Waals surface area (Å²) in [5, 5.41) is 0.0949. The normalized spacial score (nSPS) is 25.3. The topological polar surface area (TPSA) is 0 Å². The smallest absolute Gasteiger partial charge is 0.125 e. The van der Waals surface area contributed by atoms with E-state index in [-0.39, 0.29) is 5.04 Å². The fourth-order valence-electron chi connectivity index (χ4n) is 0.991. The Hall–Kier alpha value is 1.09. The number of hydrogen-bond acceptors (Lipinski definition) is 0. The van der Waals surface area contributed by atoms with Crippen LogP contribution in [0.25, 0.3) is 0 Å². The Bertz CT molecular complexity index is 114. The van der Waals surface area contributed by atoms with Crippen LogP contribution >= 0.6 is 33.2 Å². The zero-order valence-electron chi connectivity index (χ0n) is 5.26. The molecule has 0 radical (unpaired) electrons. The van der Waals surface area contributed by atoms with Crippen molar-refractivity contribution in [2.45, 2.75) is 31.2 Å². The van der Waals surface area contributed by atoms with Crippen LogP contribution in [0.15, 0.2) is 0 Å². The lowest BCUT2D eigenvalue weighted by Crippen LogP contribution is -2.36. The van der Waals surface area contributed by atoms with E-state index in [2.05, 4.69) is 6.92 Å². The van der Waals surface area contributed by atoms with E-state index >= 15 is 0 Å². The number of rotatable bonds is 1. The maximum Gasteiger partial charge on any atom is 0.346 e. The van der Waals surface area contributed by atoms with Crippen molar-refractivity contribution in [1.82, 2.24) is 0 Å². The summed E-state index contributed by atoms with van der Waals surface area (Å²) in [6.45, 7) is 2.08. The summed E-state index contributed by atoms with van der Waals surface area (Å²) in [7, 11) is 0. The van der Waals surface area contributed by atoms with Crippen LogP contribution in [0.3, 0.4) is 0 Å². The zero-order chi connectivity index (χ0) is 7.12. The molecule has 1 aliphatic carbocycles. The first-order valence-electron chi connectivity index (χ1n) is 3.02. The standard InChI is InChI=1S/C5H9Cl3Si/c1-5(3-2-4-5)9(6,7)8/h2-4H2,1H3. The van der Waals surface area contributed by atoms with Gasteiger partial charge in [-0.15, -0.1) is 33.2 Å². The van der Waals surface area contributed by atoms with E-state index in [0.717, 1.165) is 12.8 Å². The first-order chi connectivity index (χ1) is 3.96. The van der Waals surface area contributed by atoms with Gasteiger partial charge in [0.15, 0.2) is 0 Å². The Balaban J connectivity index is 2.59. The van der Waals surface area contributed by atoms with E-state index in [0.29, 0.717) is 0 Å². The maximum atomic E-state index is 5.85. The molecular formula is C5H9Cl3Si. The average molecular weight is 204 g/mol. The van der Waals surface area contributed by atoms with Crippen LogP contribution in [0, 0.1) is 0 Å². The summed E-state index contributed by atoms with van der Waals surface area (Å²) in [5.41, 5.74) is 0. The van der Waals surface area contributed by atoms with Crippen LogP contribution in [0.4, 0.5) is 0 Å².